The van der Waals surface area contributed by atoms with E-state index >= 15 is 0 Å². The molecule has 1 aromatic rings. The Morgan fingerprint density at radius 1 is 1.26 bits per heavy atom. The van der Waals surface area contributed by atoms with Gasteiger partial charge in [-0.25, -0.2) is 0 Å². The number of hydrogen-bond donors (Lipinski definition) is 1. The quantitative estimate of drug-likeness (QED) is 0.827. The van der Waals surface area contributed by atoms with Crippen LogP contribution >= 0.6 is 0 Å². The lowest BCUT2D eigenvalue weighted by Gasteiger charge is -2.31. The summed E-state index contributed by atoms with van der Waals surface area (Å²) in [7, 11) is 0. The monoisotopic (exact) mass is 326 g/mol. The van der Waals surface area contributed by atoms with Gasteiger partial charge in [0.1, 0.15) is 5.75 Å². The fraction of sp³-hybridized carbons (Fsp3) is 0.588. The van der Waals surface area contributed by atoms with Gasteiger partial charge in [-0.3, -0.25) is 9.69 Å². The number of carbonyl (C=O) groups excluding carboxylic acids is 1. The van der Waals surface area contributed by atoms with E-state index in [0.29, 0.717) is 24.3 Å². The van der Waals surface area contributed by atoms with Crippen molar-refractivity contribution in [1.82, 2.24) is 4.90 Å². The molecule has 1 aliphatic carbocycles. The van der Waals surface area contributed by atoms with E-state index in [0.717, 1.165) is 12.8 Å². The summed E-state index contributed by atoms with van der Waals surface area (Å²) in [5.41, 5.74) is 0.576. The Morgan fingerprint density at radius 3 is 2.39 bits per heavy atom. The number of halogens is 2. The van der Waals surface area contributed by atoms with Crippen LogP contribution in [0, 0.1) is 0 Å². The van der Waals surface area contributed by atoms with E-state index in [1.807, 2.05) is 0 Å². The molecule has 0 spiro atoms. The van der Waals surface area contributed by atoms with Crippen molar-refractivity contribution in [3.05, 3.63) is 24.3 Å². The van der Waals surface area contributed by atoms with Crippen molar-refractivity contribution in [3.8, 4) is 5.75 Å². The Kier molecular flexibility index (Phi) is 6.33. The van der Waals surface area contributed by atoms with Crippen molar-refractivity contribution in [3.63, 3.8) is 0 Å². The van der Waals surface area contributed by atoms with Gasteiger partial charge in [-0.05, 0) is 51.0 Å². The molecular formula is C17H24F2N2O2. The van der Waals surface area contributed by atoms with Gasteiger partial charge >= 0.3 is 6.61 Å². The maximum Gasteiger partial charge on any atom is 0.387 e. The number of nitrogens with zero attached hydrogens (tertiary/aromatic N) is 1. The second kappa shape index (κ2) is 8.24. The van der Waals surface area contributed by atoms with Gasteiger partial charge in [0.2, 0.25) is 5.91 Å². The first kappa shape index (κ1) is 17.7. The molecule has 1 amide bonds. The largest absolute Gasteiger partial charge is 0.435 e. The molecule has 0 atom stereocenters. The first-order valence-corrected chi connectivity index (χ1v) is 8.06. The van der Waals surface area contributed by atoms with E-state index in [1.54, 1.807) is 12.1 Å². The van der Waals surface area contributed by atoms with Crippen LogP contribution in [-0.2, 0) is 4.79 Å². The molecule has 1 saturated carbocycles. The zero-order chi connectivity index (χ0) is 16.8. The summed E-state index contributed by atoms with van der Waals surface area (Å²) in [6.07, 6.45) is 4.73. The molecule has 1 N–H and O–H groups in total. The molecule has 2 rings (SSSR count). The maximum absolute atomic E-state index is 12.2. The van der Waals surface area contributed by atoms with Gasteiger partial charge in [0.25, 0.3) is 0 Å². The molecule has 4 nitrogen and oxygen atoms in total. The molecule has 6 heteroatoms. The summed E-state index contributed by atoms with van der Waals surface area (Å²) in [6, 6.07) is 6.74. The minimum absolute atomic E-state index is 0.0766. The molecule has 128 valence electrons. The Bertz CT molecular complexity index is 500. The summed E-state index contributed by atoms with van der Waals surface area (Å²) < 4.78 is 28.5. The highest BCUT2D eigenvalue weighted by atomic mass is 19.3. The SMILES string of the molecule is CC(C)N(CC(=O)Nc1ccc(OC(F)F)cc1)C1CCCC1. The van der Waals surface area contributed by atoms with Crippen LogP contribution in [0.3, 0.4) is 0 Å². The Hall–Kier alpha value is -1.69. The third kappa shape index (κ3) is 5.46. The highest BCUT2D eigenvalue weighted by Gasteiger charge is 2.26. The summed E-state index contributed by atoms with van der Waals surface area (Å²) >= 11 is 0. The molecule has 0 bridgehead atoms. The molecule has 0 saturated heterocycles. The minimum Gasteiger partial charge on any atom is -0.435 e. The van der Waals surface area contributed by atoms with E-state index in [9.17, 15) is 13.6 Å². The van der Waals surface area contributed by atoms with Crippen LogP contribution in [-0.4, -0.2) is 36.0 Å². The highest BCUT2D eigenvalue weighted by Crippen LogP contribution is 2.25. The Morgan fingerprint density at radius 2 is 1.87 bits per heavy atom. The van der Waals surface area contributed by atoms with Crippen LogP contribution in [0.5, 0.6) is 5.75 Å². The molecule has 0 unspecified atom stereocenters. The average molecular weight is 326 g/mol. The van der Waals surface area contributed by atoms with Gasteiger partial charge in [0.05, 0.1) is 6.54 Å². The summed E-state index contributed by atoms with van der Waals surface area (Å²) in [4.78, 5) is 14.5. The van der Waals surface area contributed by atoms with Crippen LogP contribution in [0.25, 0.3) is 0 Å². The molecule has 0 aliphatic heterocycles. The van der Waals surface area contributed by atoms with Gasteiger partial charge in [0, 0.05) is 17.8 Å². The molecule has 0 heterocycles. The molecule has 0 radical (unpaired) electrons. The van der Waals surface area contributed by atoms with Crippen molar-refractivity contribution in [2.24, 2.45) is 0 Å². The van der Waals surface area contributed by atoms with E-state index in [1.165, 1.54) is 25.0 Å². The van der Waals surface area contributed by atoms with Crippen molar-refractivity contribution in [1.29, 1.82) is 0 Å². The fourth-order valence-electron chi connectivity index (χ4n) is 3.06. The van der Waals surface area contributed by atoms with Gasteiger partial charge in [-0.2, -0.15) is 8.78 Å². The lowest BCUT2D eigenvalue weighted by atomic mass is 10.1. The molecule has 1 aliphatic rings. The second-order valence-electron chi connectivity index (χ2n) is 6.16. The number of rotatable bonds is 7. The maximum atomic E-state index is 12.2. The number of nitrogens with one attached hydrogen (secondary N) is 1. The van der Waals surface area contributed by atoms with Crippen molar-refractivity contribution in [2.45, 2.75) is 58.2 Å². The number of alkyl halides is 2. The predicted molar refractivity (Wildman–Crippen MR) is 85.8 cm³/mol. The van der Waals surface area contributed by atoms with E-state index in [4.69, 9.17) is 0 Å². The first-order valence-electron chi connectivity index (χ1n) is 8.06. The van der Waals surface area contributed by atoms with Crippen molar-refractivity contribution < 1.29 is 18.3 Å². The van der Waals surface area contributed by atoms with Crippen LogP contribution < -0.4 is 10.1 Å². The summed E-state index contributed by atoms with van der Waals surface area (Å²) in [5.74, 6) is -0.0131. The van der Waals surface area contributed by atoms with Crippen molar-refractivity contribution in [2.75, 3.05) is 11.9 Å². The van der Waals surface area contributed by atoms with Crippen molar-refractivity contribution >= 4 is 11.6 Å². The van der Waals surface area contributed by atoms with Gasteiger partial charge in [-0.15, -0.1) is 0 Å². The van der Waals surface area contributed by atoms with E-state index in [-0.39, 0.29) is 11.7 Å². The lowest BCUT2D eigenvalue weighted by Crippen LogP contribution is -2.43. The minimum atomic E-state index is -2.85. The van der Waals surface area contributed by atoms with Crippen LogP contribution in [0.15, 0.2) is 24.3 Å². The Balaban J connectivity index is 1.89. The van der Waals surface area contributed by atoms with E-state index < -0.39 is 6.61 Å². The summed E-state index contributed by atoms with van der Waals surface area (Å²) in [5, 5.41) is 2.81. The molecule has 23 heavy (non-hydrogen) atoms. The molecule has 1 aromatic carbocycles. The lowest BCUT2D eigenvalue weighted by molar-refractivity contribution is -0.118. The zero-order valence-corrected chi connectivity index (χ0v) is 13.6. The fourth-order valence-corrected chi connectivity index (χ4v) is 3.06. The van der Waals surface area contributed by atoms with Crippen LogP contribution in [0.1, 0.15) is 39.5 Å². The third-order valence-corrected chi connectivity index (χ3v) is 4.15. The second-order valence-corrected chi connectivity index (χ2v) is 6.16. The predicted octanol–water partition coefficient (Wildman–Crippen LogP) is 3.88. The van der Waals surface area contributed by atoms with Gasteiger partial charge in [0.15, 0.2) is 0 Å². The van der Waals surface area contributed by atoms with Gasteiger partial charge in [-0.1, -0.05) is 12.8 Å². The number of ether oxygens (including phenoxy) is 1. The van der Waals surface area contributed by atoms with Crippen LogP contribution in [0.2, 0.25) is 0 Å². The zero-order valence-electron chi connectivity index (χ0n) is 13.6. The summed E-state index contributed by atoms with van der Waals surface area (Å²) in [6.45, 7) is 1.70. The topological polar surface area (TPSA) is 41.6 Å². The third-order valence-electron chi connectivity index (χ3n) is 4.15. The Labute approximate surface area is 135 Å². The van der Waals surface area contributed by atoms with E-state index in [2.05, 4.69) is 28.8 Å². The van der Waals surface area contributed by atoms with Crippen LogP contribution in [0.4, 0.5) is 14.5 Å². The molecule has 0 aromatic heterocycles. The first-order chi connectivity index (χ1) is 11.0. The van der Waals surface area contributed by atoms with Gasteiger partial charge < -0.3 is 10.1 Å². The smallest absolute Gasteiger partial charge is 0.387 e. The number of hydrogen-bond acceptors (Lipinski definition) is 3. The molecule has 1 fully saturated rings. The average Bonchev–Trinajstić information content (AvgIpc) is 3.00. The number of carbonyl (C=O) groups is 1. The standard InChI is InChI=1S/C17H24F2N2O2/c1-12(2)21(14-5-3-4-6-14)11-16(22)20-13-7-9-15(10-8-13)23-17(18)19/h7-10,12,14,17H,3-6,11H2,1-2H3,(H,20,22). The number of amides is 1. The number of anilines is 1. The normalized spacial score (nSPS) is 15.6. The molecular weight excluding hydrogens is 302 g/mol. The number of benzene rings is 1. The highest BCUT2D eigenvalue weighted by molar-refractivity contribution is 5.92.